The molecular weight excluding hydrogens is 264 g/mol. The summed E-state index contributed by atoms with van der Waals surface area (Å²) < 4.78 is 22.2. The van der Waals surface area contributed by atoms with Gasteiger partial charge in [-0.2, -0.15) is 0 Å². The average molecular weight is 284 g/mol. The van der Waals surface area contributed by atoms with Crippen LogP contribution in [0.1, 0.15) is 25.8 Å². The van der Waals surface area contributed by atoms with Gasteiger partial charge in [0, 0.05) is 12.5 Å². The fourth-order valence-electron chi connectivity index (χ4n) is 1.54. The van der Waals surface area contributed by atoms with E-state index >= 15 is 0 Å². The Labute approximate surface area is 114 Å². The van der Waals surface area contributed by atoms with Crippen molar-refractivity contribution in [1.82, 2.24) is 5.32 Å². The molecule has 0 aliphatic rings. The smallest absolute Gasteiger partial charge is 0.238 e. The number of primary sulfonamides is 1. The van der Waals surface area contributed by atoms with E-state index in [0.717, 1.165) is 12.0 Å². The molecule has 0 spiro atoms. The third-order valence-electron chi connectivity index (χ3n) is 3.02. The van der Waals surface area contributed by atoms with Crippen LogP contribution >= 0.6 is 0 Å². The van der Waals surface area contributed by atoms with Gasteiger partial charge in [-0.05, 0) is 30.5 Å². The molecular formula is C13H20N2O3S. The second kappa shape index (κ2) is 6.68. The zero-order valence-electron chi connectivity index (χ0n) is 11.2. The summed E-state index contributed by atoms with van der Waals surface area (Å²) in [7, 11) is -3.64. The highest BCUT2D eigenvalue weighted by Crippen LogP contribution is 2.09. The van der Waals surface area contributed by atoms with Gasteiger partial charge in [-0.3, -0.25) is 4.79 Å². The lowest BCUT2D eigenvalue weighted by Gasteiger charge is -2.09. The zero-order chi connectivity index (χ0) is 14.5. The SMILES string of the molecule is CC[C@H](C)C(=O)NCCc1ccc(S(N)(=O)=O)cc1. The molecule has 0 radical (unpaired) electrons. The van der Waals surface area contributed by atoms with Crippen molar-refractivity contribution < 1.29 is 13.2 Å². The summed E-state index contributed by atoms with van der Waals surface area (Å²) in [6.07, 6.45) is 1.47. The van der Waals surface area contributed by atoms with Crippen molar-refractivity contribution in [2.24, 2.45) is 11.1 Å². The Bertz CT molecular complexity index is 523. The molecule has 106 valence electrons. The van der Waals surface area contributed by atoms with Crippen molar-refractivity contribution in [3.63, 3.8) is 0 Å². The first-order valence-electron chi connectivity index (χ1n) is 6.24. The molecule has 0 aliphatic carbocycles. The van der Waals surface area contributed by atoms with Crippen LogP contribution in [-0.2, 0) is 21.2 Å². The number of carbonyl (C=O) groups is 1. The van der Waals surface area contributed by atoms with Crippen LogP contribution in [0.3, 0.4) is 0 Å². The first kappa shape index (κ1) is 15.7. The molecule has 0 saturated heterocycles. The molecule has 19 heavy (non-hydrogen) atoms. The van der Waals surface area contributed by atoms with E-state index in [0.29, 0.717) is 13.0 Å². The molecule has 0 bridgehead atoms. The Balaban J connectivity index is 2.49. The molecule has 1 amide bonds. The lowest BCUT2D eigenvalue weighted by Crippen LogP contribution is -2.30. The van der Waals surface area contributed by atoms with Gasteiger partial charge < -0.3 is 5.32 Å². The largest absolute Gasteiger partial charge is 0.356 e. The molecule has 5 nitrogen and oxygen atoms in total. The number of carbonyl (C=O) groups excluding carboxylic acids is 1. The highest BCUT2D eigenvalue weighted by molar-refractivity contribution is 7.89. The Morgan fingerprint density at radius 1 is 1.32 bits per heavy atom. The van der Waals surface area contributed by atoms with Gasteiger partial charge in [-0.1, -0.05) is 26.0 Å². The van der Waals surface area contributed by atoms with Crippen LogP contribution in [0.15, 0.2) is 29.2 Å². The third kappa shape index (κ3) is 5.00. The van der Waals surface area contributed by atoms with Gasteiger partial charge in [-0.25, -0.2) is 13.6 Å². The van der Waals surface area contributed by atoms with Crippen LogP contribution in [0.2, 0.25) is 0 Å². The van der Waals surface area contributed by atoms with Gasteiger partial charge in [0.15, 0.2) is 0 Å². The summed E-state index contributed by atoms with van der Waals surface area (Å²) in [4.78, 5) is 11.6. The first-order valence-corrected chi connectivity index (χ1v) is 7.78. The van der Waals surface area contributed by atoms with E-state index in [2.05, 4.69) is 5.32 Å². The van der Waals surface area contributed by atoms with E-state index in [4.69, 9.17) is 5.14 Å². The summed E-state index contributed by atoms with van der Waals surface area (Å²) in [5.41, 5.74) is 0.955. The quantitative estimate of drug-likeness (QED) is 0.818. The van der Waals surface area contributed by atoms with Crippen LogP contribution in [0.4, 0.5) is 0 Å². The molecule has 0 aromatic heterocycles. The summed E-state index contributed by atoms with van der Waals surface area (Å²) in [6.45, 7) is 4.39. The van der Waals surface area contributed by atoms with Crippen molar-refractivity contribution in [2.45, 2.75) is 31.6 Å². The molecule has 3 N–H and O–H groups in total. The second-order valence-electron chi connectivity index (χ2n) is 4.54. The number of nitrogens with two attached hydrogens (primary N) is 1. The fraction of sp³-hybridized carbons (Fsp3) is 0.462. The van der Waals surface area contributed by atoms with Gasteiger partial charge in [-0.15, -0.1) is 0 Å². The lowest BCUT2D eigenvalue weighted by molar-refractivity contribution is -0.124. The van der Waals surface area contributed by atoms with E-state index in [-0.39, 0.29) is 16.7 Å². The molecule has 1 aromatic rings. The van der Waals surface area contributed by atoms with Crippen molar-refractivity contribution in [1.29, 1.82) is 0 Å². The molecule has 0 heterocycles. The van der Waals surface area contributed by atoms with Gasteiger partial charge >= 0.3 is 0 Å². The van der Waals surface area contributed by atoms with Crippen LogP contribution in [0, 0.1) is 5.92 Å². The number of amides is 1. The number of nitrogens with one attached hydrogen (secondary N) is 1. The standard InChI is InChI=1S/C13H20N2O3S/c1-3-10(2)13(16)15-9-8-11-4-6-12(7-5-11)19(14,17)18/h4-7,10H,3,8-9H2,1-2H3,(H,15,16)(H2,14,17,18)/t10-/m0/s1. The van der Waals surface area contributed by atoms with Gasteiger partial charge in [0.25, 0.3) is 0 Å². The number of sulfonamides is 1. The van der Waals surface area contributed by atoms with Crippen LogP contribution < -0.4 is 10.5 Å². The van der Waals surface area contributed by atoms with Crippen LogP contribution in [-0.4, -0.2) is 20.9 Å². The number of benzene rings is 1. The predicted molar refractivity (Wildman–Crippen MR) is 74.0 cm³/mol. The topological polar surface area (TPSA) is 89.3 Å². The monoisotopic (exact) mass is 284 g/mol. The maximum atomic E-state index is 11.5. The molecule has 0 fully saturated rings. The maximum Gasteiger partial charge on any atom is 0.238 e. The molecule has 0 saturated carbocycles. The Morgan fingerprint density at radius 2 is 1.89 bits per heavy atom. The van der Waals surface area contributed by atoms with E-state index in [1.165, 1.54) is 12.1 Å². The minimum Gasteiger partial charge on any atom is -0.356 e. The highest BCUT2D eigenvalue weighted by Gasteiger charge is 2.09. The van der Waals surface area contributed by atoms with Crippen molar-refractivity contribution >= 4 is 15.9 Å². The van der Waals surface area contributed by atoms with Crippen molar-refractivity contribution in [2.75, 3.05) is 6.54 Å². The molecule has 0 aliphatic heterocycles. The predicted octanol–water partition coefficient (Wildman–Crippen LogP) is 1.04. The van der Waals surface area contributed by atoms with Crippen molar-refractivity contribution in [3.8, 4) is 0 Å². The molecule has 6 heteroatoms. The Kier molecular flexibility index (Phi) is 5.50. The van der Waals surface area contributed by atoms with Crippen molar-refractivity contribution in [3.05, 3.63) is 29.8 Å². The van der Waals surface area contributed by atoms with E-state index in [9.17, 15) is 13.2 Å². The average Bonchev–Trinajstić information content (AvgIpc) is 2.37. The lowest BCUT2D eigenvalue weighted by atomic mass is 10.1. The molecule has 0 unspecified atom stereocenters. The summed E-state index contributed by atoms with van der Waals surface area (Å²) in [5.74, 6) is 0.0633. The molecule has 1 aromatic carbocycles. The number of rotatable bonds is 6. The second-order valence-corrected chi connectivity index (χ2v) is 6.10. The van der Waals surface area contributed by atoms with Crippen LogP contribution in [0.25, 0.3) is 0 Å². The highest BCUT2D eigenvalue weighted by atomic mass is 32.2. The maximum absolute atomic E-state index is 11.5. The van der Waals surface area contributed by atoms with E-state index in [1.807, 2.05) is 13.8 Å². The normalized spacial score (nSPS) is 13.0. The first-order chi connectivity index (χ1) is 8.84. The minimum absolute atomic E-state index is 0.0183. The number of hydrogen-bond donors (Lipinski definition) is 2. The summed E-state index contributed by atoms with van der Waals surface area (Å²) in [6, 6.07) is 6.35. The minimum atomic E-state index is -3.64. The number of hydrogen-bond acceptors (Lipinski definition) is 3. The van der Waals surface area contributed by atoms with Gasteiger partial charge in [0.1, 0.15) is 0 Å². The fourth-order valence-corrected chi connectivity index (χ4v) is 2.05. The van der Waals surface area contributed by atoms with Gasteiger partial charge in [0.05, 0.1) is 4.90 Å². The molecule has 1 atom stereocenters. The van der Waals surface area contributed by atoms with E-state index < -0.39 is 10.0 Å². The summed E-state index contributed by atoms with van der Waals surface area (Å²) in [5, 5.41) is 7.86. The van der Waals surface area contributed by atoms with Gasteiger partial charge in [0.2, 0.25) is 15.9 Å². The Morgan fingerprint density at radius 3 is 2.37 bits per heavy atom. The third-order valence-corrected chi connectivity index (χ3v) is 3.95. The molecule has 1 rings (SSSR count). The van der Waals surface area contributed by atoms with Crippen LogP contribution in [0.5, 0.6) is 0 Å². The van der Waals surface area contributed by atoms with E-state index in [1.54, 1.807) is 12.1 Å². The summed E-state index contributed by atoms with van der Waals surface area (Å²) >= 11 is 0. The Hall–Kier alpha value is -1.40. The zero-order valence-corrected chi connectivity index (χ0v) is 12.0.